The summed E-state index contributed by atoms with van der Waals surface area (Å²) in [5, 5.41) is 13.5. The fraction of sp³-hybridized carbons (Fsp3) is 0.375. The Morgan fingerprint density at radius 1 is 1.24 bits per heavy atom. The van der Waals surface area contributed by atoms with Crippen molar-refractivity contribution in [3.63, 3.8) is 0 Å². The lowest BCUT2D eigenvalue weighted by atomic mass is 10.1. The summed E-state index contributed by atoms with van der Waals surface area (Å²) in [6, 6.07) is 9.56. The molecule has 2 heterocycles. The Morgan fingerprint density at radius 2 is 2.10 bits per heavy atom. The average Bonchev–Trinajstić information content (AvgIpc) is 3.14. The van der Waals surface area contributed by atoms with Crippen LogP contribution in [0.15, 0.2) is 41.0 Å². The van der Waals surface area contributed by atoms with Gasteiger partial charge in [0.2, 0.25) is 6.79 Å². The van der Waals surface area contributed by atoms with Gasteiger partial charge in [0.15, 0.2) is 11.5 Å². The van der Waals surface area contributed by atoms with E-state index in [1.54, 1.807) is 6.26 Å². The van der Waals surface area contributed by atoms with Crippen LogP contribution in [0, 0.1) is 0 Å². The van der Waals surface area contributed by atoms with Gasteiger partial charge < -0.3 is 24.3 Å². The molecule has 1 aromatic carbocycles. The first-order valence-electron chi connectivity index (χ1n) is 7.06. The monoisotopic (exact) mass is 289 g/mol. The first-order chi connectivity index (χ1) is 10.2. The molecule has 5 nitrogen and oxygen atoms in total. The van der Waals surface area contributed by atoms with Crippen LogP contribution < -0.4 is 14.8 Å². The highest BCUT2D eigenvalue weighted by Gasteiger charge is 2.17. The van der Waals surface area contributed by atoms with Crippen LogP contribution in [0.4, 0.5) is 0 Å². The zero-order chi connectivity index (χ0) is 14.7. The minimum absolute atomic E-state index is 0.222. The normalized spacial score (nSPS) is 15.9. The van der Waals surface area contributed by atoms with E-state index in [2.05, 4.69) is 12.2 Å². The number of rotatable bonds is 6. The van der Waals surface area contributed by atoms with Gasteiger partial charge in [0.05, 0.1) is 12.4 Å². The van der Waals surface area contributed by atoms with Crippen molar-refractivity contribution < 1.29 is 19.0 Å². The second kappa shape index (κ2) is 6.20. The minimum Gasteiger partial charge on any atom is -0.469 e. The van der Waals surface area contributed by atoms with Gasteiger partial charge in [-0.05, 0) is 36.8 Å². The molecule has 0 fully saturated rings. The van der Waals surface area contributed by atoms with Crippen LogP contribution in [-0.2, 0) is 6.42 Å². The van der Waals surface area contributed by atoms with E-state index in [0.29, 0.717) is 12.3 Å². The molecular formula is C16H19NO4. The molecule has 2 aromatic rings. The Bertz CT molecular complexity index is 582. The van der Waals surface area contributed by atoms with Crippen LogP contribution in [-0.4, -0.2) is 24.5 Å². The van der Waals surface area contributed by atoms with E-state index in [-0.39, 0.29) is 12.8 Å². The number of aliphatic hydroxyl groups excluding tert-OH is 1. The summed E-state index contributed by atoms with van der Waals surface area (Å²) < 4.78 is 15.9. The topological polar surface area (TPSA) is 63.9 Å². The van der Waals surface area contributed by atoms with Crippen LogP contribution in [0.25, 0.3) is 0 Å². The summed E-state index contributed by atoms with van der Waals surface area (Å²) in [7, 11) is 0. The Labute approximate surface area is 123 Å². The van der Waals surface area contributed by atoms with E-state index >= 15 is 0 Å². The van der Waals surface area contributed by atoms with E-state index in [4.69, 9.17) is 13.9 Å². The largest absolute Gasteiger partial charge is 0.469 e. The maximum Gasteiger partial charge on any atom is 0.231 e. The van der Waals surface area contributed by atoms with Crippen LogP contribution in [0.3, 0.4) is 0 Å². The average molecular weight is 289 g/mol. The zero-order valence-electron chi connectivity index (χ0n) is 11.9. The van der Waals surface area contributed by atoms with Gasteiger partial charge in [0, 0.05) is 19.0 Å². The molecule has 2 unspecified atom stereocenters. The standard InChI is InChI=1S/C16H19NO4/c1-11(7-13-3-2-6-19-13)17-9-14(18)12-4-5-15-16(8-12)21-10-20-15/h2-6,8,11,14,17-18H,7,9-10H2,1H3. The third-order valence-corrected chi connectivity index (χ3v) is 3.53. The minimum atomic E-state index is -0.585. The van der Waals surface area contributed by atoms with Gasteiger partial charge in [-0.15, -0.1) is 0 Å². The SMILES string of the molecule is CC(Cc1ccco1)NCC(O)c1ccc2c(c1)OCO2. The van der Waals surface area contributed by atoms with E-state index in [0.717, 1.165) is 23.5 Å². The highest BCUT2D eigenvalue weighted by molar-refractivity contribution is 5.45. The summed E-state index contributed by atoms with van der Waals surface area (Å²) in [4.78, 5) is 0. The molecule has 0 bridgehead atoms. The second-order valence-corrected chi connectivity index (χ2v) is 5.22. The maximum absolute atomic E-state index is 10.2. The number of furan rings is 1. The molecule has 5 heteroatoms. The van der Waals surface area contributed by atoms with Gasteiger partial charge in [0.1, 0.15) is 5.76 Å². The number of nitrogens with one attached hydrogen (secondary N) is 1. The molecule has 0 aliphatic carbocycles. The van der Waals surface area contributed by atoms with Gasteiger partial charge in [-0.1, -0.05) is 6.07 Å². The highest BCUT2D eigenvalue weighted by Crippen LogP contribution is 2.34. The smallest absolute Gasteiger partial charge is 0.231 e. The van der Waals surface area contributed by atoms with Gasteiger partial charge >= 0.3 is 0 Å². The lowest BCUT2D eigenvalue weighted by molar-refractivity contribution is 0.167. The van der Waals surface area contributed by atoms with Gasteiger partial charge in [-0.2, -0.15) is 0 Å². The molecule has 1 aliphatic heterocycles. The van der Waals surface area contributed by atoms with Crippen molar-refractivity contribution in [3.05, 3.63) is 47.9 Å². The molecule has 3 rings (SSSR count). The van der Waals surface area contributed by atoms with Crippen LogP contribution in [0.1, 0.15) is 24.4 Å². The summed E-state index contributed by atoms with van der Waals surface area (Å²) in [5.74, 6) is 2.35. The highest BCUT2D eigenvalue weighted by atomic mass is 16.7. The fourth-order valence-electron chi connectivity index (χ4n) is 2.35. The van der Waals surface area contributed by atoms with Crippen molar-refractivity contribution in [3.8, 4) is 11.5 Å². The van der Waals surface area contributed by atoms with Crippen molar-refractivity contribution in [1.82, 2.24) is 5.32 Å². The van der Waals surface area contributed by atoms with Gasteiger partial charge in [-0.3, -0.25) is 0 Å². The number of hydrogen-bond donors (Lipinski definition) is 2. The molecule has 112 valence electrons. The number of benzene rings is 1. The second-order valence-electron chi connectivity index (χ2n) is 5.22. The molecule has 1 aromatic heterocycles. The van der Waals surface area contributed by atoms with Crippen LogP contribution in [0.2, 0.25) is 0 Å². The van der Waals surface area contributed by atoms with Crippen LogP contribution >= 0.6 is 0 Å². The summed E-state index contributed by atoms with van der Waals surface area (Å²) in [6.45, 7) is 2.78. The van der Waals surface area contributed by atoms with Crippen molar-refractivity contribution >= 4 is 0 Å². The number of aliphatic hydroxyl groups is 1. The molecule has 2 N–H and O–H groups in total. The van der Waals surface area contributed by atoms with Gasteiger partial charge in [0.25, 0.3) is 0 Å². The van der Waals surface area contributed by atoms with Crippen molar-refractivity contribution in [2.45, 2.75) is 25.5 Å². The molecule has 0 spiro atoms. The van der Waals surface area contributed by atoms with Gasteiger partial charge in [-0.25, -0.2) is 0 Å². The van der Waals surface area contributed by atoms with E-state index in [9.17, 15) is 5.11 Å². The molecule has 0 saturated heterocycles. The number of fused-ring (bicyclic) bond motifs is 1. The van der Waals surface area contributed by atoms with Crippen molar-refractivity contribution in [2.24, 2.45) is 0 Å². The summed E-state index contributed by atoms with van der Waals surface area (Å²) in [6.07, 6.45) is 1.88. The molecular weight excluding hydrogens is 270 g/mol. The number of ether oxygens (including phenoxy) is 2. The summed E-state index contributed by atoms with van der Waals surface area (Å²) in [5.41, 5.74) is 0.817. The quantitative estimate of drug-likeness (QED) is 0.854. The van der Waals surface area contributed by atoms with E-state index < -0.39 is 6.10 Å². The van der Waals surface area contributed by atoms with E-state index in [1.807, 2.05) is 30.3 Å². The first kappa shape index (κ1) is 14.0. The third kappa shape index (κ3) is 3.37. The lowest BCUT2D eigenvalue weighted by Gasteiger charge is -2.17. The van der Waals surface area contributed by atoms with Crippen LogP contribution in [0.5, 0.6) is 11.5 Å². The Morgan fingerprint density at radius 3 is 2.90 bits per heavy atom. The molecule has 0 saturated carbocycles. The first-order valence-corrected chi connectivity index (χ1v) is 7.06. The molecule has 21 heavy (non-hydrogen) atoms. The Kier molecular flexibility index (Phi) is 4.13. The van der Waals surface area contributed by atoms with Crippen molar-refractivity contribution in [2.75, 3.05) is 13.3 Å². The predicted molar refractivity (Wildman–Crippen MR) is 77.4 cm³/mol. The Hall–Kier alpha value is -1.98. The maximum atomic E-state index is 10.2. The van der Waals surface area contributed by atoms with E-state index in [1.165, 1.54) is 0 Å². The fourth-order valence-corrected chi connectivity index (χ4v) is 2.35. The molecule has 2 atom stereocenters. The molecule has 1 aliphatic rings. The number of hydrogen-bond acceptors (Lipinski definition) is 5. The summed E-state index contributed by atoms with van der Waals surface area (Å²) >= 11 is 0. The lowest BCUT2D eigenvalue weighted by Crippen LogP contribution is -2.31. The third-order valence-electron chi connectivity index (χ3n) is 3.53. The molecule has 0 amide bonds. The Balaban J connectivity index is 1.53. The molecule has 0 radical (unpaired) electrons. The predicted octanol–water partition coefficient (Wildman–Crippen LogP) is 2.26. The zero-order valence-corrected chi connectivity index (χ0v) is 11.9. The van der Waals surface area contributed by atoms with Crippen molar-refractivity contribution in [1.29, 1.82) is 0 Å².